The zero-order chi connectivity index (χ0) is 17.2. The van der Waals surface area contributed by atoms with Crippen LogP contribution in [-0.2, 0) is 0 Å². The summed E-state index contributed by atoms with van der Waals surface area (Å²) in [6, 6.07) is 0. The molecule has 2 N–H and O–H groups in total. The summed E-state index contributed by atoms with van der Waals surface area (Å²) in [5.74, 6) is 0. The third-order valence-corrected chi connectivity index (χ3v) is 5.69. The van der Waals surface area contributed by atoms with E-state index in [2.05, 4.69) is 20.8 Å². The van der Waals surface area contributed by atoms with Gasteiger partial charge in [0.1, 0.15) is 0 Å². The van der Waals surface area contributed by atoms with E-state index in [4.69, 9.17) is 5.73 Å². The van der Waals surface area contributed by atoms with Crippen LogP contribution in [-0.4, -0.2) is 5.54 Å². The van der Waals surface area contributed by atoms with Gasteiger partial charge in [0.2, 0.25) is 0 Å². The van der Waals surface area contributed by atoms with Gasteiger partial charge in [-0.25, -0.2) is 0 Å². The van der Waals surface area contributed by atoms with Crippen LogP contribution >= 0.6 is 0 Å². The smallest absolute Gasteiger partial charge is 0.0149 e. The van der Waals surface area contributed by atoms with E-state index in [-0.39, 0.29) is 5.54 Å². The monoisotopic (exact) mass is 325 g/mol. The molecule has 0 saturated heterocycles. The first-order valence-corrected chi connectivity index (χ1v) is 11.0. The van der Waals surface area contributed by atoms with Gasteiger partial charge in [-0.05, 0) is 19.3 Å². The zero-order valence-corrected chi connectivity index (χ0v) is 16.8. The lowest BCUT2D eigenvalue weighted by atomic mass is 9.88. The molecule has 0 amide bonds. The predicted octanol–water partition coefficient (Wildman–Crippen LogP) is 7.77. The van der Waals surface area contributed by atoms with Crippen molar-refractivity contribution in [2.75, 3.05) is 0 Å². The van der Waals surface area contributed by atoms with Crippen LogP contribution in [0.3, 0.4) is 0 Å². The Hall–Kier alpha value is -0.0400. The molecule has 0 atom stereocenters. The van der Waals surface area contributed by atoms with Gasteiger partial charge in [-0.2, -0.15) is 0 Å². The van der Waals surface area contributed by atoms with Gasteiger partial charge < -0.3 is 5.73 Å². The molecule has 0 unspecified atom stereocenters. The minimum absolute atomic E-state index is 0.122. The molecule has 0 saturated carbocycles. The van der Waals surface area contributed by atoms with Crippen molar-refractivity contribution in [1.29, 1.82) is 0 Å². The van der Waals surface area contributed by atoms with Crippen molar-refractivity contribution in [2.24, 2.45) is 5.73 Å². The lowest BCUT2D eigenvalue weighted by Gasteiger charge is -2.26. The van der Waals surface area contributed by atoms with Crippen LogP contribution in [0, 0.1) is 0 Å². The van der Waals surface area contributed by atoms with Gasteiger partial charge in [-0.1, -0.05) is 117 Å². The Balaban J connectivity index is 3.14. The maximum Gasteiger partial charge on any atom is 0.0149 e. The van der Waals surface area contributed by atoms with Crippen molar-refractivity contribution in [3.8, 4) is 0 Å². The van der Waals surface area contributed by atoms with Crippen molar-refractivity contribution in [3.05, 3.63) is 0 Å². The van der Waals surface area contributed by atoms with E-state index in [9.17, 15) is 0 Å². The predicted molar refractivity (Wildman–Crippen MR) is 107 cm³/mol. The first kappa shape index (κ1) is 23.0. The van der Waals surface area contributed by atoms with E-state index in [0.717, 1.165) is 12.8 Å². The molecule has 0 aromatic carbocycles. The number of nitrogens with two attached hydrogens (primary N) is 1. The molecule has 23 heavy (non-hydrogen) atoms. The van der Waals surface area contributed by atoms with Gasteiger partial charge in [0.25, 0.3) is 0 Å². The topological polar surface area (TPSA) is 26.0 Å². The third kappa shape index (κ3) is 15.2. The van der Waals surface area contributed by atoms with E-state index in [1.54, 1.807) is 0 Å². The Kier molecular flexibility index (Phi) is 16.8. The molecule has 140 valence electrons. The van der Waals surface area contributed by atoms with Crippen molar-refractivity contribution < 1.29 is 0 Å². The summed E-state index contributed by atoms with van der Waals surface area (Å²) >= 11 is 0. The molecule has 0 rings (SSSR count). The van der Waals surface area contributed by atoms with E-state index in [1.165, 1.54) is 103 Å². The first-order valence-electron chi connectivity index (χ1n) is 11.0. The molecule has 0 aliphatic heterocycles. The Morgan fingerprint density at radius 3 is 1.09 bits per heavy atom. The molecule has 0 heterocycles. The highest BCUT2D eigenvalue weighted by Crippen LogP contribution is 2.20. The molecule has 0 aromatic heterocycles. The van der Waals surface area contributed by atoms with Gasteiger partial charge in [0.15, 0.2) is 0 Å². The minimum Gasteiger partial charge on any atom is -0.325 e. The second kappa shape index (κ2) is 16.8. The highest BCUT2D eigenvalue weighted by Gasteiger charge is 2.18. The van der Waals surface area contributed by atoms with Crippen LogP contribution in [0.2, 0.25) is 0 Å². The van der Waals surface area contributed by atoms with Crippen LogP contribution in [0.25, 0.3) is 0 Å². The van der Waals surface area contributed by atoms with Gasteiger partial charge in [0.05, 0.1) is 0 Å². The maximum atomic E-state index is 6.35. The molecule has 0 fully saturated rings. The number of rotatable bonds is 18. The van der Waals surface area contributed by atoms with E-state index >= 15 is 0 Å². The van der Waals surface area contributed by atoms with E-state index < -0.39 is 0 Å². The van der Waals surface area contributed by atoms with Crippen LogP contribution in [0.4, 0.5) is 0 Å². The molecule has 0 spiro atoms. The normalized spacial score (nSPS) is 12.0. The molecular weight excluding hydrogens is 278 g/mol. The summed E-state index contributed by atoms with van der Waals surface area (Å²) in [4.78, 5) is 0. The summed E-state index contributed by atoms with van der Waals surface area (Å²) in [7, 11) is 0. The van der Waals surface area contributed by atoms with Crippen LogP contribution < -0.4 is 5.73 Å². The summed E-state index contributed by atoms with van der Waals surface area (Å²) in [5.41, 5.74) is 6.47. The molecule has 1 heteroatoms. The molecule has 1 nitrogen and oxygen atoms in total. The largest absolute Gasteiger partial charge is 0.325 e. The highest BCUT2D eigenvalue weighted by atomic mass is 14.7. The summed E-state index contributed by atoms with van der Waals surface area (Å²) in [6.45, 7) is 6.76. The second-order valence-electron chi connectivity index (χ2n) is 7.77. The number of hydrogen-bond donors (Lipinski definition) is 1. The fourth-order valence-electron chi connectivity index (χ4n) is 3.45. The van der Waals surface area contributed by atoms with Crippen LogP contribution in [0.5, 0.6) is 0 Å². The first-order chi connectivity index (χ1) is 11.2. The maximum absolute atomic E-state index is 6.35. The number of hydrogen-bond acceptors (Lipinski definition) is 1. The molecule has 0 aromatic rings. The van der Waals surface area contributed by atoms with Crippen molar-refractivity contribution in [2.45, 2.75) is 142 Å². The minimum atomic E-state index is 0.122. The molecule has 0 bridgehead atoms. The van der Waals surface area contributed by atoms with Crippen LogP contribution in [0.1, 0.15) is 136 Å². The highest BCUT2D eigenvalue weighted by molar-refractivity contribution is 4.80. The Bertz CT molecular complexity index is 220. The Labute approximate surface area is 148 Å². The Morgan fingerprint density at radius 1 is 0.478 bits per heavy atom. The lowest BCUT2D eigenvalue weighted by Crippen LogP contribution is -2.38. The van der Waals surface area contributed by atoms with Crippen molar-refractivity contribution in [1.82, 2.24) is 0 Å². The van der Waals surface area contributed by atoms with Gasteiger partial charge >= 0.3 is 0 Å². The van der Waals surface area contributed by atoms with Gasteiger partial charge in [-0.15, -0.1) is 0 Å². The second-order valence-corrected chi connectivity index (χ2v) is 7.77. The summed E-state index contributed by atoms with van der Waals surface area (Å²) in [5, 5.41) is 0. The fourth-order valence-corrected chi connectivity index (χ4v) is 3.45. The van der Waals surface area contributed by atoms with Crippen LogP contribution in [0.15, 0.2) is 0 Å². The lowest BCUT2D eigenvalue weighted by molar-refractivity contribution is 0.350. The Morgan fingerprint density at radius 2 is 0.783 bits per heavy atom. The molecule has 0 radical (unpaired) electrons. The van der Waals surface area contributed by atoms with E-state index in [1.807, 2.05) is 0 Å². The summed E-state index contributed by atoms with van der Waals surface area (Å²) in [6.07, 6.45) is 25.0. The molecule has 0 aliphatic carbocycles. The standard InChI is InChI=1S/C22H47N/c1-4-7-8-9-10-11-12-13-14-15-16-17-18-19-20-21-22(23,5-2)6-3/h4-21,23H2,1-3H3. The average Bonchev–Trinajstić information content (AvgIpc) is 2.58. The van der Waals surface area contributed by atoms with E-state index in [0.29, 0.717) is 0 Å². The quantitative estimate of drug-likeness (QED) is 0.256. The summed E-state index contributed by atoms with van der Waals surface area (Å²) < 4.78 is 0. The van der Waals surface area contributed by atoms with Gasteiger partial charge in [0, 0.05) is 5.54 Å². The molecule has 0 aliphatic rings. The molecular formula is C22H47N. The van der Waals surface area contributed by atoms with Crippen molar-refractivity contribution >= 4 is 0 Å². The fraction of sp³-hybridized carbons (Fsp3) is 1.00. The number of unbranched alkanes of at least 4 members (excludes halogenated alkanes) is 14. The van der Waals surface area contributed by atoms with Gasteiger partial charge in [-0.3, -0.25) is 0 Å². The SMILES string of the molecule is CCCCCCCCCCCCCCCCCC(N)(CC)CC. The zero-order valence-electron chi connectivity index (χ0n) is 16.8. The van der Waals surface area contributed by atoms with Crippen molar-refractivity contribution in [3.63, 3.8) is 0 Å². The third-order valence-electron chi connectivity index (χ3n) is 5.69. The average molecular weight is 326 g/mol.